The van der Waals surface area contributed by atoms with Crippen LogP contribution in [0.2, 0.25) is 0 Å². The first-order valence-corrected chi connectivity index (χ1v) is 6.44. The SMILES string of the molecule is CCCN1C(=O)C2c3ccccc3CCN2C1=O. The molecule has 1 unspecified atom stereocenters. The van der Waals surface area contributed by atoms with Crippen LogP contribution < -0.4 is 0 Å². The number of imide groups is 1. The molecule has 4 nitrogen and oxygen atoms in total. The number of rotatable bonds is 2. The summed E-state index contributed by atoms with van der Waals surface area (Å²) in [6, 6.07) is 7.43. The summed E-state index contributed by atoms with van der Waals surface area (Å²) in [5.74, 6) is -0.0611. The van der Waals surface area contributed by atoms with Gasteiger partial charge in [-0.25, -0.2) is 4.79 Å². The third-order valence-electron chi connectivity index (χ3n) is 3.71. The Kier molecular flexibility index (Phi) is 2.58. The van der Waals surface area contributed by atoms with Gasteiger partial charge in [-0.15, -0.1) is 0 Å². The van der Waals surface area contributed by atoms with Crippen molar-refractivity contribution >= 4 is 11.9 Å². The predicted molar refractivity (Wildman–Crippen MR) is 67.0 cm³/mol. The van der Waals surface area contributed by atoms with E-state index in [0.29, 0.717) is 13.1 Å². The lowest BCUT2D eigenvalue weighted by Crippen LogP contribution is -2.36. The quantitative estimate of drug-likeness (QED) is 0.746. The maximum atomic E-state index is 12.4. The molecule has 1 atom stereocenters. The van der Waals surface area contributed by atoms with E-state index in [1.54, 1.807) is 4.90 Å². The third-order valence-corrected chi connectivity index (χ3v) is 3.71. The fourth-order valence-corrected chi connectivity index (χ4v) is 2.87. The second kappa shape index (κ2) is 4.12. The molecule has 0 radical (unpaired) electrons. The summed E-state index contributed by atoms with van der Waals surface area (Å²) in [7, 11) is 0. The summed E-state index contributed by atoms with van der Waals surface area (Å²) in [6.07, 6.45) is 1.64. The molecule has 1 aromatic rings. The lowest BCUT2D eigenvalue weighted by Gasteiger charge is -2.28. The molecule has 0 aromatic heterocycles. The number of fused-ring (bicyclic) bond motifs is 3. The van der Waals surface area contributed by atoms with E-state index in [2.05, 4.69) is 0 Å². The van der Waals surface area contributed by atoms with Crippen LogP contribution in [0.1, 0.15) is 30.5 Å². The van der Waals surface area contributed by atoms with Crippen LogP contribution in [0.15, 0.2) is 24.3 Å². The van der Waals surface area contributed by atoms with Gasteiger partial charge in [-0.1, -0.05) is 31.2 Å². The fraction of sp³-hybridized carbons (Fsp3) is 0.429. The Morgan fingerprint density at radius 2 is 2.06 bits per heavy atom. The molecular formula is C14H16N2O2. The van der Waals surface area contributed by atoms with Crippen molar-refractivity contribution in [3.63, 3.8) is 0 Å². The predicted octanol–water partition coefficient (Wildman–Crippen LogP) is 1.96. The molecule has 1 aromatic carbocycles. The van der Waals surface area contributed by atoms with Crippen molar-refractivity contribution in [2.45, 2.75) is 25.8 Å². The van der Waals surface area contributed by atoms with Crippen LogP contribution in [0.4, 0.5) is 4.79 Å². The van der Waals surface area contributed by atoms with Crippen LogP contribution in [0.25, 0.3) is 0 Å². The summed E-state index contributed by atoms with van der Waals surface area (Å²) >= 11 is 0. The van der Waals surface area contributed by atoms with Crippen LogP contribution in [0.5, 0.6) is 0 Å². The van der Waals surface area contributed by atoms with Crippen LogP contribution in [-0.4, -0.2) is 34.8 Å². The molecule has 94 valence electrons. The van der Waals surface area contributed by atoms with E-state index in [1.165, 1.54) is 10.5 Å². The highest BCUT2D eigenvalue weighted by atomic mass is 16.2. The molecule has 0 N–H and O–H groups in total. The highest BCUT2D eigenvalue weighted by Gasteiger charge is 2.47. The van der Waals surface area contributed by atoms with Crippen LogP contribution >= 0.6 is 0 Å². The van der Waals surface area contributed by atoms with Gasteiger partial charge in [0.2, 0.25) is 0 Å². The highest BCUT2D eigenvalue weighted by Crippen LogP contribution is 2.36. The number of hydrogen-bond donors (Lipinski definition) is 0. The molecule has 2 heterocycles. The van der Waals surface area contributed by atoms with Crippen molar-refractivity contribution in [3.8, 4) is 0 Å². The molecule has 1 fully saturated rings. The molecule has 0 spiro atoms. The van der Waals surface area contributed by atoms with Gasteiger partial charge in [-0.2, -0.15) is 0 Å². The van der Waals surface area contributed by atoms with Crippen molar-refractivity contribution in [3.05, 3.63) is 35.4 Å². The molecule has 0 bridgehead atoms. The van der Waals surface area contributed by atoms with E-state index in [0.717, 1.165) is 18.4 Å². The summed E-state index contributed by atoms with van der Waals surface area (Å²) in [5, 5.41) is 0. The van der Waals surface area contributed by atoms with E-state index in [9.17, 15) is 9.59 Å². The standard InChI is InChI=1S/C14H16N2O2/c1-2-8-16-13(17)12-11-6-4-3-5-10(11)7-9-15(12)14(16)18/h3-6,12H,2,7-9H2,1H3. The molecule has 2 aliphatic rings. The molecular weight excluding hydrogens is 228 g/mol. The van der Waals surface area contributed by atoms with Gasteiger partial charge in [0.25, 0.3) is 5.91 Å². The van der Waals surface area contributed by atoms with Gasteiger partial charge in [-0.05, 0) is 24.0 Å². The average Bonchev–Trinajstić information content (AvgIpc) is 2.64. The summed E-state index contributed by atoms with van der Waals surface area (Å²) in [4.78, 5) is 27.7. The van der Waals surface area contributed by atoms with E-state index in [1.807, 2.05) is 31.2 Å². The first kappa shape index (κ1) is 11.3. The van der Waals surface area contributed by atoms with Crippen LogP contribution in [-0.2, 0) is 11.2 Å². The Hall–Kier alpha value is -1.84. The molecule has 3 amide bonds. The molecule has 1 saturated heterocycles. The minimum absolute atomic E-state index is 0.0611. The Morgan fingerprint density at radius 3 is 2.83 bits per heavy atom. The van der Waals surface area contributed by atoms with E-state index < -0.39 is 0 Å². The largest absolute Gasteiger partial charge is 0.327 e. The molecule has 4 heteroatoms. The molecule has 2 aliphatic heterocycles. The fourth-order valence-electron chi connectivity index (χ4n) is 2.87. The maximum Gasteiger partial charge on any atom is 0.327 e. The van der Waals surface area contributed by atoms with Crippen LogP contribution in [0.3, 0.4) is 0 Å². The second-order valence-corrected chi connectivity index (χ2v) is 4.82. The van der Waals surface area contributed by atoms with Gasteiger partial charge >= 0.3 is 6.03 Å². The number of hydrogen-bond acceptors (Lipinski definition) is 2. The number of carbonyl (C=O) groups excluding carboxylic acids is 2. The number of carbonyl (C=O) groups is 2. The minimum atomic E-state index is -0.381. The first-order valence-electron chi connectivity index (χ1n) is 6.44. The molecule has 0 aliphatic carbocycles. The summed E-state index contributed by atoms with van der Waals surface area (Å²) in [5.41, 5.74) is 2.19. The number of urea groups is 1. The van der Waals surface area contributed by atoms with E-state index in [-0.39, 0.29) is 18.0 Å². The van der Waals surface area contributed by atoms with Gasteiger partial charge in [0.1, 0.15) is 6.04 Å². The number of nitrogens with zero attached hydrogens (tertiary/aromatic N) is 2. The zero-order valence-corrected chi connectivity index (χ0v) is 10.4. The smallest absolute Gasteiger partial charge is 0.308 e. The highest BCUT2D eigenvalue weighted by molar-refractivity contribution is 6.05. The van der Waals surface area contributed by atoms with E-state index in [4.69, 9.17) is 0 Å². The minimum Gasteiger partial charge on any atom is -0.308 e. The summed E-state index contributed by atoms with van der Waals surface area (Å²) < 4.78 is 0. The van der Waals surface area contributed by atoms with Crippen molar-refractivity contribution in [2.75, 3.05) is 13.1 Å². The number of benzene rings is 1. The molecule has 3 rings (SSSR count). The Morgan fingerprint density at radius 1 is 1.28 bits per heavy atom. The van der Waals surface area contributed by atoms with Gasteiger partial charge in [0.05, 0.1) is 0 Å². The Labute approximate surface area is 106 Å². The molecule has 0 saturated carbocycles. The monoisotopic (exact) mass is 244 g/mol. The first-order chi connectivity index (χ1) is 8.74. The van der Waals surface area contributed by atoms with Crippen molar-refractivity contribution in [1.82, 2.24) is 9.80 Å². The molecule has 18 heavy (non-hydrogen) atoms. The van der Waals surface area contributed by atoms with Crippen molar-refractivity contribution in [1.29, 1.82) is 0 Å². The zero-order chi connectivity index (χ0) is 12.7. The Bertz CT molecular complexity index is 512. The van der Waals surface area contributed by atoms with Gasteiger partial charge in [0.15, 0.2) is 0 Å². The van der Waals surface area contributed by atoms with Gasteiger partial charge < -0.3 is 4.90 Å². The zero-order valence-electron chi connectivity index (χ0n) is 10.4. The lowest BCUT2D eigenvalue weighted by atomic mass is 9.93. The second-order valence-electron chi connectivity index (χ2n) is 4.82. The Balaban J connectivity index is 2.02. The number of amides is 3. The van der Waals surface area contributed by atoms with Gasteiger partial charge in [0, 0.05) is 13.1 Å². The average molecular weight is 244 g/mol. The lowest BCUT2D eigenvalue weighted by molar-refractivity contribution is -0.128. The maximum absolute atomic E-state index is 12.4. The van der Waals surface area contributed by atoms with Crippen molar-refractivity contribution < 1.29 is 9.59 Å². The van der Waals surface area contributed by atoms with Gasteiger partial charge in [-0.3, -0.25) is 9.69 Å². The van der Waals surface area contributed by atoms with Crippen molar-refractivity contribution in [2.24, 2.45) is 0 Å². The van der Waals surface area contributed by atoms with E-state index >= 15 is 0 Å². The summed E-state index contributed by atoms with van der Waals surface area (Å²) in [6.45, 7) is 3.14. The normalized spacial score (nSPS) is 22.2. The topological polar surface area (TPSA) is 40.6 Å². The third kappa shape index (κ3) is 1.45. The van der Waals surface area contributed by atoms with Crippen LogP contribution in [0, 0.1) is 0 Å².